The standard InChI is InChI=1S/C32H32O9/c1-10-14-7-15(14)28(5)18-9-30(37)17-8-16(17)29(6)24(30)22(19-11(2)26(35)41-32(19,38)27(29)36)31(18)21(12(3)25(34)40-31)23(20(10)28)39-13(4)33/h14-18,20,23,37-38H,1,7-9H2,2-6H3/t14-,15-,16-,17+,18+,20?,23-,28-,29+,30+,31-,32+/m1/s1. The van der Waals surface area contributed by atoms with E-state index >= 15 is 0 Å². The molecule has 9 rings (SSSR count). The quantitative estimate of drug-likeness (QED) is 0.281. The second-order valence-corrected chi connectivity index (χ2v) is 14.5. The number of carbonyl (C=O) groups is 4. The Balaban J connectivity index is 1.45. The van der Waals surface area contributed by atoms with Crippen LogP contribution in [0.2, 0.25) is 0 Å². The van der Waals surface area contributed by atoms with Gasteiger partial charge in [-0.2, -0.15) is 0 Å². The molecule has 0 aromatic rings. The zero-order valence-corrected chi connectivity index (χ0v) is 23.6. The highest BCUT2D eigenvalue weighted by Crippen LogP contribution is 2.84. The lowest BCUT2D eigenvalue weighted by Crippen LogP contribution is -2.69. The predicted molar refractivity (Wildman–Crippen MR) is 138 cm³/mol. The average molecular weight is 561 g/mol. The summed E-state index contributed by atoms with van der Waals surface area (Å²) >= 11 is 0. The first kappa shape index (κ1) is 24.5. The molecule has 0 saturated heterocycles. The molecule has 9 nitrogen and oxygen atoms in total. The van der Waals surface area contributed by atoms with Crippen LogP contribution >= 0.6 is 0 Å². The lowest BCUT2D eigenvalue weighted by molar-refractivity contribution is -0.202. The van der Waals surface area contributed by atoms with Crippen molar-refractivity contribution < 1.29 is 43.6 Å². The van der Waals surface area contributed by atoms with Crippen molar-refractivity contribution in [3.8, 4) is 0 Å². The fourth-order valence-corrected chi connectivity index (χ4v) is 11.6. The minimum absolute atomic E-state index is 0.0304. The molecular formula is C32H32O9. The van der Waals surface area contributed by atoms with Gasteiger partial charge >= 0.3 is 17.9 Å². The SMILES string of the molecule is C=C1C2[C@@H](OC(C)=O)C3=C(C)C(=O)O[C@@]34C3=C5[C@@](C)(C(=O)[C@@]6(O)OC(=O)C(C)=C36)[C@@H]3C[C@@H]3[C@@]5(O)C[C@H]4[C@@]2(C)[C@@H]2C[C@H]12. The first-order valence-electron chi connectivity index (χ1n) is 14.6. The van der Waals surface area contributed by atoms with Crippen LogP contribution in [0.3, 0.4) is 0 Å². The van der Waals surface area contributed by atoms with Crippen molar-refractivity contribution in [2.75, 3.05) is 0 Å². The molecule has 0 bridgehead atoms. The number of aliphatic hydroxyl groups is 2. The van der Waals surface area contributed by atoms with Crippen molar-refractivity contribution in [3.63, 3.8) is 0 Å². The van der Waals surface area contributed by atoms with Crippen LogP contribution in [0.4, 0.5) is 0 Å². The highest BCUT2D eigenvalue weighted by Gasteiger charge is 2.87. The van der Waals surface area contributed by atoms with Crippen LogP contribution in [0.15, 0.2) is 45.6 Å². The van der Waals surface area contributed by atoms with Crippen LogP contribution in [0.5, 0.6) is 0 Å². The highest BCUT2D eigenvalue weighted by molar-refractivity contribution is 6.10. The maximum absolute atomic E-state index is 14.3. The van der Waals surface area contributed by atoms with E-state index in [0.717, 1.165) is 12.0 Å². The summed E-state index contributed by atoms with van der Waals surface area (Å²) in [6, 6.07) is 0. The molecule has 214 valence electrons. The van der Waals surface area contributed by atoms with Gasteiger partial charge in [0.15, 0.2) is 5.60 Å². The van der Waals surface area contributed by atoms with Crippen LogP contribution in [-0.2, 0) is 33.4 Å². The van der Waals surface area contributed by atoms with Gasteiger partial charge in [-0.1, -0.05) is 19.1 Å². The third kappa shape index (κ3) is 2.12. The molecule has 0 radical (unpaired) electrons. The minimum atomic E-state index is -2.58. The van der Waals surface area contributed by atoms with E-state index in [0.29, 0.717) is 28.7 Å². The topological polar surface area (TPSA) is 136 Å². The van der Waals surface area contributed by atoms with E-state index in [1.54, 1.807) is 13.8 Å². The Hall–Kier alpha value is -3.04. The Kier molecular flexibility index (Phi) is 3.78. The number of ether oxygens (including phenoxy) is 3. The predicted octanol–water partition coefficient (Wildman–Crippen LogP) is 2.22. The Bertz CT molecular complexity index is 1640. The van der Waals surface area contributed by atoms with E-state index in [-0.39, 0.29) is 47.2 Å². The molecular weight excluding hydrogens is 528 g/mol. The molecule has 9 aliphatic rings. The molecule has 5 saturated carbocycles. The summed E-state index contributed by atoms with van der Waals surface area (Å²) in [5.74, 6) is -6.02. The Morgan fingerprint density at radius 2 is 1.66 bits per heavy atom. The lowest BCUT2D eigenvalue weighted by Gasteiger charge is -2.63. The van der Waals surface area contributed by atoms with Gasteiger partial charge in [-0.05, 0) is 74.7 Å². The third-order valence-electron chi connectivity index (χ3n) is 13.1. The molecule has 1 unspecified atom stereocenters. The van der Waals surface area contributed by atoms with Crippen LogP contribution in [-0.4, -0.2) is 57.0 Å². The normalized spacial score (nSPS) is 54.6. The molecule has 7 aliphatic carbocycles. The number of esters is 3. The maximum atomic E-state index is 14.3. The number of rotatable bonds is 1. The summed E-state index contributed by atoms with van der Waals surface area (Å²) in [6.07, 6.45) is 0.882. The van der Waals surface area contributed by atoms with Gasteiger partial charge in [0.25, 0.3) is 5.79 Å². The van der Waals surface area contributed by atoms with Crippen LogP contribution in [0.25, 0.3) is 0 Å². The molecule has 2 aliphatic heterocycles. The smallest absolute Gasteiger partial charge is 0.337 e. The minimum Gasteiger partial charge on any atom is -0.457 e. The molecule has 1 spiro atoms. The second kappa shape index (κ2) is 6.32. The van der Waals surface area contributed by atoms with E-state index in [4.69, 9.17) is 14.2 Å². The first-order chi connectivity index (χ1) is 19.1. The van der Waals surface area contributed by atoms with E-state index in [9.17, 15) is 29.4 Å². The summed E-state index contributed by atoms with van der Waals surface area (Å²) in [5.41, 5.74) is -2.39. The summed E-state index contributed by atoms with van der Waals surface area (Å²) in [6.45, 7) is 12.8. The molecule has 2 heterocycles. The highest BCUT2D eigenvalue weighted by atomic mass is 16.7. The summed E-state index contributed by atoms with van der Waals surface area (Å²) in [7, 11) is 0. The molecule has 41 heavy (non-hydrogen) atoms. The molecule has 9 heteroatoms. The lowest BCUT2D eigenvalue weighted by atomic mass is 9.42. The zero-order chi connectivity index (χ0) is 29.1. The van der Waals surface area contributed by atoms with E-state index in [2.05, 4.69) is 13.5 Å². The molecule has 0 aromatic carbocycles. The monoisotopic (exact) mass is 560 g/mol. The van der Waals surface area contributed by atoms with Crippen LogP contribution < -0.4 is 0 Å². The Labute approximate surface area is 236 Å². The van der Waals surface area contributed by atoms with Crippen molar-refractivity contribution >= 4 is 23.7 Å². The average Bonchev–Trinajstić information content (AvgIpc) is 3.78. The Morgan fingerprint density at radius 1 is 0.976 bits per heavy atom. The van der Waals surface area contributed by atoms with Gasteiger partial charge in [-0.3, -0.25) is 9.59 Å². The third-order valence-corrected chi connectivity index (χ3v) is 13.1. The molecule has 0 aromatic heterocycles. The number of ketones is 1. The van der Waals surface area contributed by atoms with Crippen molar-refractivity contribution in [3.05, 3.63) is 45.6 Å². The van der Waals surface area contributed by atoms with Gasteiger partial charge in [0.2, 0.25) is 5.78 Å². The number of fused-ring (bicyclic) bond motifs is 9. The Morgan fingerprint density at radius 3 is 2.34 bits per heavy atom. The fourth-order valence-electron chi connectivity index (χ4n) is 11.6. The number of carbonyl (C=O) groups excluding carboxylic acids is 4. The van der Waals surface area contributed by atoms with Crippen molar-refractivity contribution in [2.24, 2.45) is 46.3 Å². The summed E-state index contributed by atoms with van der Waals surface area (Å²) in [4.78, 5) is 53.7. The molecule has 5 fully saturated rings. The van der Waals surface area contributed by atoms with Gasteiger partial charge in [0.05, 0.1) is 11.0 Å². The molecule has 0 amide bonds. The van der Waals surface area contributed by atoms with Crippen molar-refractivity contribution in [1.82, 2.24) is 0 Å². The number of hydrogen-bond donors (Lipinski definition) is 2. The van der Waals surface area contributed by atoms with Gasteiger partial charge in [0, 0.05) is 46.6 Å². The fraction of sp³-hybridized carbons (Fsp3) is 0.625. The largest absolute Gasteiger partial charge is 0.457 e. The first-order valence-corrected chi connectivity index (χ1v) is 14.6. The van der Waals surface area contributed by atoms with E-state index < -0.39 is 63.5 Å². The number of Topliss-reactive ketones (excluding diaryl/α,β-unsaturated/α-hetero) is 1. The van der Waals surface area contributed by atoms with E-state index in [1.807, 2.05) is 0 Å². The van der Waals surface area contributed by atoms with Crippen molar-refractivity contribution in [1.29, 1.82) is 0 Å². The number of hydrogen-bond acceptors (Lipinski definition) is 9. The van der Waals surface area contributed by atoms with E-state index in [1.165, 1.54) is 13.8 Å². The summed E-state index contributed by atoms with van der Waals surface area (Å²) in [5, 5.41) is 24.8. The molecule has 12 atom stereocenters. The van der Waals surface area contributed by atoms with Gasteiger partial charge < -0.3 is 24.4 Å². The van der Waals surface area contributed by atoms with Gasteiger partial charge in [-0.25, -0.2) is 9.59 Å². The summed E-state index contributed by atoms with van der Waals surface area (Å²) < 4.78 is 18.1. The maximum Gasteiger partial charge on any atom is 0.337 e. The zero-order valence-electron chi connectivity index (χ0n) is 23.6. The van der Waals surface area contributed by atoms with Crippen molar-refractivity contribution in [2.45, 2.75) is 77.0 Å². The van der Waals surface area contributed by atoms with Gasteiger partial charge in [-0.15, -0.1) is 0 Å². The van der Waals surface area contributed by atoms with Gasteiger partial charge in [0.1, 0.15) is 6.10 Å². The van der Waals surface area contributed by atoms with Crippen LogP contribution in [0, 0.1) is 46.3 Å². The molecule has 2 N–H and O–H groups in total. The van der Waals surface area contributed by atoms with Crippen LogP contribution in [0.1, 0.15) is 53.9 Å². The second-order valence-electron chi connectivity index (χ2n) is 14.5.